The molecule has 4 rings (SSSR count). The fourth-order valence-corrected chi connectivity index (χ4v) is 2.90. The Morgan fingerprint density at radius 3 is 2.67 bits per heavy atom. The molecule has 0 bridgehead atoms. The smallest absolute Gasteiger partial charge is 0.277 e. The molecule has 0 aliphatic carbocycles. The zero-order valence-electron chi connectivity index (χ0n) is 14.1. The number of hydrogen-bond acceptors (Lipinski definition) is 4. The Labute approximate surface area is 150 Å². The van der Waals surface area contributed by atoms with Gasteiger partial charge in [0.1, 0.15) is 11.6 Å². The van der Waals surface area contributed by atoms with Crippen molar-refractivity contribution in [2.24, 2.45) is 0 Å². The van der Waals surface area contributed by atoms with Crippen LogP contribution in [0, 0.1) is 18.6 Å². The summed E-state index contributed by atoms with van der Waals surface area (Å²) in [5.74, 6) is -2.16. The highest BCUT2D eigenvalue weighted by molar-refractivity contribution is 5.99. The van der Waals surface area contributed by atoms with Crippen LogP contribution in [0.3, 0.4) is 0 Å². The first-order chi connectivity index (χ1) is 12.9. The third kappa shape index (κ3) is 3.03. The van der Waals surface area contributed by atoms with E-state index in [0.717, 1.165) is 23.8 Å². The van der Waals surface area contributed by atoms with E-state index in [-0.39, 0.29) is 23.3 Å². The Morgan fingerprint density at radius 1 is 1.19 bits per heavy atom. The predicted octanol–water partition coefficient (Wildman–Crippen LogP) is 2.09. The van der Waals surface area contributed by atoms with E-state index in [9.17, 15) is 18.4 Å². The standard InChI is InChI=1S/C18H13F2N5O2/c1-9-2-3-14-13(4-9)22-18(27)16-15(23-24-25(14)16)17(26)21-8-10-5-11(19)7-12(20)6-10/h2-7H,8H2,1H3,(H,21,26)(H,22,27). The van der Waals surface area contributed by atoms with E-state index >= 15 is 0 Å². The van der Waals surface area contributed by atoms with Crippen molar-refractivity contribution in [1.29, 1.82) is 0 Å². The third-order valence-electron chi connectivity index (χ3n) is 4.10. The number of aromatic amines is 1. The van der Waals surface area contributed by atoms with Crippen molar-refractivity contribution in [1.82, 2.24) is 25.1 Å². The summed E-state index contributed by atoms with van der Waals surface area (Å²) in [4.78, 5) is 27.6. The summed E-state index contributed by atoms with van der Waals surface area (Å²) in [6.45, 7) is 1.76. The summed E-state index contributed by atoms with van der Waals surface area (Å²) in [5.41, 5.74) is 1.67. The second kappa shape index (κ2) is 6.27. The van der Waals surface area contributed by atoms with Gasteiger partial charge in [0.05, 0.1) is 11.0 Å². The zero-order valence-corrected chi connectivity index (χ0v) is 14.1. The highest BCUT2D eigenvalue weighted by Crippen LogP contribution is 2.15. The summed E-state index contributed by atoms with van der Waals surface area (Å²) >= 11 is 0. The van der Waals surface area contributed by atoms with Crippen molar-refractivity contribution in [3.63, 3.8) is 0 Å². The number of halogens is 2. The largest absolute Gasteiger partial charge is 0.346 e. The van der Waals surface area contributed by atoms with Gasteiger partial charge in [-0.1, -0.05) is 11.3 Å². The van der Waals surface area contributed by atoms with Gasteiger partial charge in [0, 0.05) is 12.6 Å². The van der Waals surface area contributed by atoms with Gasteiger partial charge in [-0.15, -0.1) is 5.10 Å². The molecular formula is C18H13F2N5O2. The highest BCUT2D eigenvalue weighted by atomic mass is 19.1. The maximum atomic E-state index is 13.2. The SMILES string of the molecule is Cc1ccc2c(c1)[nH]c(=O)c1c(C(=O)NCc3cc(F)cc(F)c3)nnn12. The zero-order chi connectivity index (χ0) is 19.1. The van der Waals surface area contributed by atoms with Crippen molar-refractivity contribution in [2.45, 2.75) is 13.5 Å². The summed E-state index contributed by atoms with van der Waals surface area (Å²) in [5, 5.41) is 10.2. The second-order valence-corrected chi connectivity index (χ2v) is 6.13. The number of benzene rings is 2. The van der Waals surface area contributed by atoms with E-state index in [1.165, 1.54) is 4.52 Å². The van der Waals surface area contributed by atoms with Crippen LogP contribution in [0.5, 0.6) is 0 Å². The molecule has 4 aromatic rings. The molecule has 136 valence electrons. The second-order valence-electron chi connectivity index (χ2n) is 6.13. The Hall–Kier alpha value is -3.62. The molecule has 0 saturated carbocycles. The topological polar surface area (TPSA) is 92.1 Å². The van der Waals surface area contributed by atoms with Crippen molar-refractivity contribution in [3.8, 4) is 0 Å². The molecule has 0 aliphatic rings. The lowest BCUT2D eigenvalue weighted by molar-refractivity contribution is 0.0947. The highest BCUT2D eigenvalue weighted by Gasteiger charge is 2.19. The summed E-state index contributed by atoms with van der Waals surface area (Å²) in [6, 6.07) is 8.35. The predicted molar refractivity (Wildman–Crippen MR) is 93.4 cm³/mol. The van der Waals surface area contributed by atoms with Crippen LogP contribution in [0.2, 0.25) is 0 Å². The van der Waals surface area contributed by atoms with Crippen molar-refractivity contribution >= 4 is 22.5 Å². The molecule has 2 aromatic heterocycles. The van der Waals surface area contributed by atoms with Crippen LogP contribution in [0.1, 0.15) is 21.6 Å². The first kappa shape index (κ1) is 16.8. The maximum absolute atomic E-state index is 13.2. The molecule has 7 nitrogen and oxygen atoms in total. The summed E-state index contributed by atoms with van der Waals surface area (Å²) in [6.07, 6.45) is 0. The van der Waals surface area contributed by atoms with E-state index in [1.807, 2.05) is 13.0 Å². The van der Waals surface area contributed by atoms with E-state index in [0.29, 0.717) is 11.0 Å². The van der Waals surface area contributed by atoms with Crippen molar-refractivity contribution in [3.05, 3.63) is 75.2 Å². The Morgan fingerprint density at radius 2 is 1.93 bits per heavy atom. The number of carbonyl (C=O) groups is 1. The minimum Gasteiger partial charge on any atom is -0.346 e. The van der Waals surface area contributed by atoms with Crippen LogP contribution in [-0.2, 0) is 6.54 Å². The molecule has 0 fully saturated rings. The number of aromatic nitrogens is 4. The number of carbonyl (C=O) groups excluding carboxylic acids is 1. The van der Waals surface area contributed by atoms with Gasteiger partial charge < -0.3 is 10.3 Å². The van der Waals surface area contributed by atoms with E-state index in [1.54, 1.807) is 12.1 Å². The first-order valence-corrected chi connectivity index (χ1v) is 8.03. The lowest BCUT2D eigenvalue weighted by atomic mass is 10.2. The number of aryl methyl sites for hydroxylation is 1. The lowest BCUT2D eigenvalue weighted by Crippen LogP contribution is -2.25. The normalized spacial score (nSPS) is 11.2. The van der Waals surface area contributed by atoms with Gasteiger partial charge in [-0.2, -0.15) is 0 Å². The number of fused-ring (bicyclic) bond motifs is 3. The molecule has 0 saturated heterocycles. The molecule has 0 unspecified atom stereocenters. The summed E-state index contributed by atoms with van der Waals surface area (Å²) < 4.78 is 27.8. The first-order valence-electron chi connectivity index (χ1n) is 8.03. The number of H-pyrrole nitrogens is 1. The maximum Gasteiger partial charge on any atom is 0.277 e. The van der Waals surface area contributed by atoms with Crippen LogP contribution in [0.25, 0.3) is 16.6 Å². The molecule has 1 amide bonds. The van der Waals surface area contributed by atoms with Gasteiger partial charge in [-0.25, -0.2) is 13.3 Å². The summed E-state index contributed by atoms with van der Waals surface area (Å²) in [7, 11) is 0. The van der Waals surface area contributed by atoms with Crippen molar-refractivity contribution < 1.29 is 13.6 Å². The van der Waals surface area contributed by atoms with E-state index < -0.39 is 23.1 Å². The molecular weight excluding hydrogens is 356 g/mol. The van der Waals surface area contributed by atoms with E-state index in [2.05, 4.69) is 20.6 Å². The van der Waals surface area contributed by atoms with Gasteiger partial charge in [-0.05, 0) is 42.3 Å². The molecule has 0 spiro atoms. The molecule has 2 heterocycles. The number of rotatable bonds is 3. The molecule has 2 aromatic carbocycles. The fourth-order valence-electron chi connectivity index (χ4n) is 2.90. The Balaban J connectivity index is 1.70. The molecule has 0 atom stereocenters. The number of hydrogen-bond donors (Lipinski definition) is 2. The molecule has 9 heteroatoms. The average molecular weight is 369 g/mol. The van der Waals surface area contributed by atoms with Gasteiger partial charge >= 0.3 is 0 Å². The van der Waals surface area contributed by atoms with E-state index in [4.69, 9.17) is 0 Å². The van der Waals surface area contributed by atoms with Gasteiger partial charge in [0.2, 0.25) is 0 Å². The van der Waals surface area contributed by atoms with Crippen LogP contribution in [0.4, 0.5) is 8.78 Å². The number of nitrogens with one attached hydrogen (secondary N) is 2. The number of amides is 1. The Kier molecular flexibility index (Phi) is 3.91. The molecule has 0 radical (unpaired) electrons. The monoisotopic (exact) mass is 369 g/mol. The van der Waals surface area contributed by atoms with Crippen LogP contribution in [0.15, 0.2) is 41.2 Å². The minimum absolute atomic E-state index is 0.00530. The quantitative estimate of drug-likeness (QED) is 0.578. The van der Waals surface area contributed by atoms with Gasteiger partial charge in [0.25, 0.3) is 11.5 Å². The van der Waals surface area contributed by atoms with Crippen molar-refractivity contribution in [2.75, 3.05) is 0 Å². The van der Waals surface area contributed by atoms with Gasteiger partial charge in [0.15, 0.2) is 11.2 Å². The fraction of sp³-hybridized carbons (Fsp3) is 0.111. The minimum atomic E-state index is -0.744. The van der Waals surface area contributed by atoms with Crippen LogP contribution >= 0.6 is 0 Å². The van der Waals surface area contributed by atoms with Crippen LogP contribution < -0.4 is 10.9 Å². The number of nitrogens with zero attached hydrogens (tertiary/aromatic N) is 3. The van der Waals surface area contributed by atoms with Crippen LogP contribution in [-0.4, -0.2) is 25.7 Å². The Bertz CT molecular complexity index is 1240. The molecule has 2 N–H and O–H groups in total. The average Bonchev–Trinajstić information content (AvgIpc) is 3.04. The van der Waals surface area contributed by atoms with Gasteiger partial charge in [-0.3, -0.25) is 9.59 Å². The lowest BCUT2D eigenvalue weighted by Gasteiger charge is -2.05. The molecule has 0 aliphatic heterocycles. The third-order valence-corrected chi connectivity index (χ3v) is 4.10. The molecule has 27 heavy (non-hydrogen) atoms.